The highest BCUT2D eigenvalue weighted by atomic mass is 15.6. The second kappa shape index (κ2) is 4.73. The van der Waals surface area contributed by atoms with Gasteiger partial charge in [0, 0.05) is 26.7 Å². The van der Waals surface area contributed by atoms with Crippen LogP contribution in [0.4, 0.5) is 0 Å². The van der Waals surface area contributed by atoms with Crippen molar-refractivity contribution in [2.24, 2.45) is 0 Å². The Kier molecular flexibility index (Phi) is 3.87. The van der Waals surface area contributed by atoms with Gasteiger partial charge >= 0.3 is 0 Å². The van der Waals surface area contributed by atoms with Crippen molar-refractivity contribution < 1.29 is 0 Å². The Labute approximate surface area is 70.1 Å². The summed E-state index contributed by atoms with van der Waals surface area (Å²) in [5, 5.41) is 4.85. The molecule has 0 unspecified atom stereocenters. The largest absolute Gasteiger partial charge is 0.245 e. The molecule has 11 heavy (non-hydrogen) atoms. The minimum Gasteiger partial charge on any atom is -0.245 e. The van der Waals surface area contributed by atoms with Crippen LogP contribution in [0.25, 0.3) is 0 Å². The van der Waals surface area contributed by atoms with Crippen LogP contribution in [0.3, 0.4) is 0 Å². The summed E-state index contributed by atoms with van der Waals surface area (Å²) in [5.41, 5.74) is 0. The molecule has 0 saturated carbocycles. The zero-order valence-corrected chi connectivity index (χ0v) is 7.84. The molecule has 2 heteroatoms. The van der Waals surface area contributed by atoms with E-state index in [2.05, 4.69) is 24.0 Å². The number of piperidine rings is 1. The summed E-state index contributed by atoms with van der Waals surface area (Å²) in [7, 11) is 2.20. The fraction of sp³-hybridized carbons (Fsp3) is 1.00. The Hall–Kier alpha value is -0.0800. The summed E-state index contributed by atoms with van der Waals surface area (Å²) in [6, 6.07) is 0. The van der Waals surface area contributed by atoms with Gasteiger partial charge in [0.05, 0.1) is 0 Å². The fourth-order valence-corrected chi connectivity index (χ4v) is 1.68. The number of hydrogen-bond donors (Lipinski definition) is 0. The molecule has 0 bridgehead atoms. The Bertz CT molecular complexity index is 97.7. The van der Waals surface area contributed by atoms with E-state index in [0.717, 1.165) is 0 Å². The van der Waals surface area contributed by atoms with Gasteiger partial charge in [0.2, 0.25) is 0 Å². The van der Waals surface area contributed by atoms with Crippen LogP contribution < -0.4 is 0 Å². The lowest BCUT2D eigenvalue weighted by Crippen LogP contribution is -2.43. The van der Waals surface area contributed by atoms with Gasteiger partial charge in [-0.15, -0.1) is 0 Å². The molecule has 0 atom stereocenters. The second-order valence-corrected chi connectivity index (χ2v) is 3.40. The van der Waals surface area contributed by atoms with Gasteiger partial charge in [-0.2, -0.15) is 0 Å². The minimum atomic E-state index is 1.21. The molecule has 0 spiro atoms. The smallest absolute Gasteiger partial charge is 0.0133 e. The average molecular weight is 156 g/mol. The Balaban J connectivity index is 2.21. The topological polar surface area (TPSA) is 6.48 Å². The zero-order chi connectivity index (χ0) is 8.10. The van der Waals surface area contributed by atoms with Crippen LogP contribution in [-0.2, 0) is 0 Å². The first-order valence-electron chi connectivity index (χ1n) is 4.80. The molecule has 0 amide bonds. The third kappa shape index (κ3) is 2.80. The highest BCUT2D eigenvalue weighted by Gasteiger charge is 2.12. The zero-order valence-electron chi connectivity index (χ0n) is 7.84. The van der Waals surface area contributed by atoms with Crippen molar-refractivity contribution in [3.63, 3.8) is 0 Å². The quantitative estimate of drug-likeness (QED) is 0.614. The van der Waals surface area contributed by atoms with Gasteiger partial charge in [-0.05, 0) is 19.3 Å². The lowest BCUT2D eigenvalue weighted by molar-refractivity contribution is -0.0160. The lowest BCUT2D eigenvalue weighted by atomic mass is 10.2. The monoisotopic (exact) mass is 156 g/mol. The van der Waals surface area contributed by atoms with Crippen LogP contribution in [0, 0.1) is 0 Å². The molecule has 0 aromatic heterocycles. The van der Waals surface area contributed by atoms with E-state index < -0.39 is 0 Å². The third-order valence-corrected chi connectivity index (χ3v) is 2.36. The van der Waals surface area contributed by atoms with E-state index in [9.17, 15) is 0 Å². The van der Waals surface area contributed by atoms with E-state index in [4.69, 9.17) is 0 Å². The van der Waals surface area contributed by atoms with Crippen LogP contribution in [0.2, 0.25) is 0 Å². The van der Waals surface area contributed by atoms with Gasteiger partial charge in [-0.3, -0.25) is 0 Å². The maximum Gasteiger partial charge on any atom is 0.0133 e. The molecule has 0 radical (unpaired) electrons. The molecule has 1 rings (SSSR count). The maximum absolute atomic E-state index is 2.48. The molecule has 1 aliphatic heterocycles. The van der Waals surface area contributed by atoms with Gasteiger partial charge < -0.3 is 0 Å². The molecular formula is C9H20N2. The molecule has 1 aliphatic rings. The van der Waals surface area contributed by atoms with Crippen molar-refractivity contribution >= 4 is 0 Å². The Morgan fingerprint density at radius 3 is 2.36 bits per heavy atom. The van der Waals surface area contributed by atoms with Crippen molar-refractivity contribution in [2.75, 3.05) is 26.7 Å². The van der Waals surface area contributed by atoms with E-state index in [0.29, 0.717) is 0 Å². The predicted molar refractivity (Wildman–Crippen MR) is 48.3 cm³/mol. The second-order valence-electron chi connectivity index (χ2n) is 3.40. The average Bonchev–Trinajstić information content (AvgIpc) is 2.07. The highest BCUT2D eigenvalue weighted by Crippen LogP contribution is 2.10. The molecule has 66 valence electrons. The summed E-state index contributed by atoms with van der Waals surface area (Å²) in [6.07, 6.45) is 5.45. The molecule has 1 heterocycles. The Morgan fingerprint density at radius 1 is 1.18 bits per heavy atom. The summed E-state index contributed by atoms with van der Waals surface area (Å²) in [6.45, 7) is 5.99. The Morgan fingerprint density at radius 2 is 1.82 bits per heavy atom. The minimum absolute atomic E-state index is 1.21. The van der Waals surface area contributed by atoms with Crippen LogP contribution in [-0.4, -0.2) is 36.7 Å². The number of hydrazine groups is 1. The fourth-order valence-electron chi connectivity index (χ4n) is 1.68. The maximum atomic E-state index is 2.48. The highest BCUT2D eigenvalue weighted by molar-refractivity contribution is 4.61. The predicted octanol–water partition coefficient (Wildman–Crippen LogP) is 1.73. The molecule has 1 saturated heterocycles. The summed E-state index contributed by atoms with van der Waals surface area (Å²) < 4.78 is 0. The number of nitrogens with zero attached hydrogens (tertiary/aromatic N) is 2. The molecule has 1 fully saturated rings. The van der Waals surface area contributed by atoms with Gasteiger partial charge in [-0.1, -0.05) is 13.3 Å². The van der Waals surface area contributed by atoms with Crippen LogP contribution in [0.5, 0.6) is 0 Å². The molecule has 0 N–H and O–H groups in total. The molecule has 0 aromatic carbocycles. The van der Waals surface area contributed by atoms with Gasteiger partial charge in [0.15, 0.2) is 0 Å². The first-order valence-corrected chi connectivity index (χ1v) is 4.80. The van der Waals surface area contributed by atoms with E-state index in [1.807, 2.05) is 0 Å². The van der Waals surface area contributed by atoms with Crippen molar-refractivity contribution in [3.8, 4) is 0 Å². The number of hydrogen-bond acceptors (Lipinski definition) is 2. The molecule has 2 nitrogen and oxygen atoms in total. The van der Waals surface area contributed by atoms with Gasteiger partial charge in [0.25, 0.3) is 0 Å². The first-order chi connectivity index (χ1) is 5.34. The van der Waals surface area contributed by atoms with Gasteiger partial charge in [-0.25, -0.2) is 10.0 Å². The van der Waals surface area contributed by atoms with E-state index >= 15 is 0 Å². The van der Waals surface area contributed by atoms with Crippen LogP contribution in [0.1, 0.15) is 32.6 Å². The van der Waals surface area contributed by atoms with Crippen LogP contribution >= 0.6 is 0 Å². The molecule has 0 aliphatic carbocycles. The summed E-state index contributed by atoms with van der Waals surface area (Å²) in [5.74, 6) is 0. The third-order valence-electron chi connectivity index (χ3n) is 2.36. The van der Waals surface area contributed by atoms with E-state index in [-0.39, 0.29) is 0 Å². The van der Waals surface area contributed by atoms with Crippen molar-refractivity contribution in [2.45, 2.75) is 32.6 Å². The summed E-state index contributed by atoms with van der Waals surface area (Å²) in [4.78, 5) is 0. The number of rotatable bonds is 3. The van der Waals surface area contributed by atoms with Crippen molar-refractivity contribution in [1.82, 2.24) is 10.0 Å². The molecule has 0 aromatic rings. The normalized spacial score (nSPS) is 21.0. The SMILES string of the molecule is CCCN(C)N1CCCCC1. The lowest BCUT2D eigenvalue weighted by Gasteiger charge is -2.34. The van der Waals surface area contributed by atoms with Gasteiger partial charge in [0.1, 0.15) is 0 Å². The van der Waals surface area contributed by atoms with Crippen molar-refractivity contribution in [1.29, 1.82) is 0 Å². The van der Waals surface area contributed by atoms with Crippen LogP contribution in [0.15, 0.2) is 0 Å². The standard InChI is InChI=1S/C9H20N2/c1-3-7-10(2)11-8-5-4-6-9-11/h3-9H2,1-2H3. The first kappa shape index (κ1) is 9.01. The van der Waals surface area contributed by atoms with Crippen molar-refractivity contribution in [3.05, 3.63) is 0 Å². The van der Waals surface area contributed by atoms with E-state index in [1.165, 1.54) is 45.3 Å². The molecular weight excluding hydrogens is 136 g/mol. The summed E-state index contributed by atoms with van der Waals surface area (Å²) >= 11 is 0. The van der Waals surface area contributed by atoms with E-state index in [1.54, 1.807) is 0 Å².